The molecule has 0 saturated carbocycles. The number of rotatable bonds is 2. The number of aromatic nitrogens is 2. The predicted octanol–water partition coefficient (Wildman–Crippen LogP) is 2.17. The lowest BCUT2D eigenvalue weighted by atomic mass is 10.2. The van der Waals surface area contributed by atoms with Gasteiger partial charge in [-0.05, 0) is 40.7 Å². The molecule has 0 fully saturated rings. The summed E-state index contributed by atoms with van der Waals surface area (Å²) in [6.07, 6.45) is 0. The third-order valence-corrected chi connectivity index (χ3v) is 1.81. The molecule has 0 aromatic carbocycles. The van der Waals surface area contributed by atoms with E-state index in [1.54, 1.807) is 10.7 Å². The predicted molar refractivity (Wildman–Crippen MR) is 57.8 cm³/mol. The van der Waals surface area contributed by atoms with E-state index in [9.17, 15) is 4.79 Å². The molecule has 0 saturated heterocycles. The average Bonchev–Trinajstić information content (AvgIpc) is 2.43. The first kappa shape index (κ1) is 11.8. The van der Waals surface area contributed by atoms with Crippen LogP contribution < -0.4 is 0 Å². The SMILES string of the molecule is CCn1nc(C)cc1C(=O)OC(C)(C)C. The van der Waals surface area contributed by atoms with Crippen molar-refractivity contribution < 1.29 is 9.53 Å². The zero-order chi connectivity index (χ0) is 11.6. The van der Waals surface area contributed by atoms with Crippen molar-refractivity contribution in [1.29, 1.82) is 0 Å². The van der Waals surface area contributed by atoms with Gasteiger partial charge in [0.15, 0.2) is 0 Å². The van der Waals surface area contributed by atoms with Crippen LogP contribution in [0.25, 0.3) is 0 Å². The minimum atomic E-state index is -0.464. The normalized spacial score (nSPS) is 11.5. The van der Waals surface area contributed by atoms with Crippen molar-refractivity contribution in [3.8, 4) is 0 Å². The second-order valence-electron chi connectivity index (χ2n) is 4.49. The quantitative estimate of drug-likeness (QED) is 0.703. The molecule has 0 aliphatic heterocycles. The van der Waals surface area contributed by atoms with Crippen molar-refractivity contribution >= 4 is 5.97 Å². The highest BCUT2D eigenvalue weighted by atomic mass is 16.6. The number of aryl methyl sites for hydroxylation is 2. The molecule has 0 radical (unpaired) electrons. The molecule has 0 unspecified atom stereocenters. The molecule has 1 rings (SSSR count). The highest BCUT2D eigenvalue weighted by Crippen LogP contribution is 2.13. The number of hydrogen-bond acceptors (Lipinski definition) is 3. The topological polar surface area (TPSA) is 44.1 Å². The molecule has 1 heterocycles. The van der Waals surface area contributed by atoms with Crippen molar-refractivity contribution in [2.24, 2.45) is 0 Å². The Bertz CT molecular complexity index is 361. The molecular weight excluding hydrogens is 192 g/mol. The Balaban J connectivity index is 2.91. The summed E-state index contributed by atoms with van der Waals surface area (Å²) in [5.74, 6) is -0.315. The maximum absolute atomic E-state index is 11.8. The molecule has 0 amide bonds. The fourth-order valence-electron chi connectivity index (χ4n) is 1.28. The van der Waals surface area contributed by atoms with Crippen LogP contribution in [-0.4, -0.2) is 21.4 Å². The zero-order valence-electron chi connectivity index (χ0n) is 10.00. The molecule has 0 aliphatic carbocycles. The van der Waals surface area contributed by atoms with E-state index < -0.39 is 5.60 Å². The molecule has 0 aliphatic rings. The third-order valence-electron chi connectivity index (χ3n) is 1.81. The van der Waals surface area contributed by atoms with Crippen LogP contribution in [0.2, 0.25) is 0 Å². The minimum Gasteiger partial charge on any atom is -0.455 e. The van der Waals surface area contributed by atoms with Crippen molar-refractivity contribution in [2.45, 2.75) is 46.8 Å². The first-order valence-electron chi connectivity index (χ1n) is 5.11. The van der Waals surface area contributed by atoms with Gasteiger partial charge < -0.3 is 4.74 Å². The second kappa shape index (κ2) is 4.04. The molecule has 0 bridgehead atoms. The summed E-state index contributed by atoms with van der Waals surface area (Å²) in [5.41, 5.74) is 0.885. The van der Waals surface area contributed by atoms with E-state index in [1.807, 2.05) is 34.6 Å². The summed E-state index contributed by atoms with van der Waals surface area (Å²) in [6, 6.07) is 1.75. The highest BCUT2D eigenvalue weighted by Gasteiger charge is 2.21. The third kappa shape index (κ3) is 3.08. The fourth-order valence-corrected chi connectivity index (χ4v) is 1.28. The summed E-state index contributed by atoms with van der Waals surface area (Å²) in [6.45, 7) is 10.0. The Labute approximate surface area is 90.2 Å². The summed E-state index contributed by atoms with van der Waals surface area (Å²) >= 11 is 0. The number of carbonyl (C=O) groups excluding carboxylic acids is 1. The molecule has 15 heavy (non-hydrogen) atoms. The van der Waals surface area contributed by atoms with Gasteiger partial charge in [-0.15, -0.1) is 0 Å². The van der Waals surface area contributed by atoms with Crippen molar-refractivity contribution in [3.05, 3.63) is 17.5 Å². The van der Waals surface area contributed by atoms with Crippen molar-refractivity contribution in [3.63, 3.8) is 0 Å². The molecule has 4 nitrogen and oxygen atoms in total. The number of carbonyl (C=O) groups is 1. The maximum atomic E-state index is 11.8. The van der Waals surface area contributed by atoms with Crippen LogP contribution in [0.1, 0.15) is 43.9 Å². The van der Waals surface area contributed by atoms with Gasteiger partial charge in [0.1, 0.15) is 11.3 Å². The summed E-state index contributed by atoms with van der Waals surface area (Å²) in [7, 11) is 0. The lowest BCUT2D eigenvalue weighted by molar-refractivity contribution is 0.00562. The van der Waals surface area contributed by atoms with Gasteiger partial charge in [0.05, 0.1) is 5.69 Å². The van der Waals surface area contributed by atoms with Crippen LogP contribution in [0.5, 0.6) is 0 Å². The maximum Gasteiger partial charge on any atom is 0.357 e. The van der Waals surface area contributed by atoms with E-state index in [4.69, 9.17) is 4.74 Å². The van der Waals surface area contributed by atoms with Gasteiger partial charge >= 0.3 is 5.97 Å². The summed E-state index contributed by atoms with van der Waals surface area (Å²) < 4.78 is 6.94. The van der Waals surface area contributed by atoms with Crippen LogP contribution in [0.15, 0.2) is 6.07 Å². The number of hydrogen-bond donors (Lipinski definition) is 0. The minimum absolute atomic E-state index is 0.315. The second-order valence-corrected chi connectivity index (χ2v) is 4.49. The first-order chi connectivity index (χ1) is 6.83. The van der Waals surface area contributed by atoms with Crippen LogP contribution in [0, 0.1) is 6.92 Å². The van der Waals surface area contributed by atoms with Gasteiger partial charge in [0.25, 0.3) is 0 Å². The fraction of sp³-hybridized carbons (Fsp3) is 0.636. The molecule has 1 aromatic heterocycles. The van der Waals surface area contributed by atoms with Crippen LogP contribution in [0.3, 0.4) is 0 Å². The molecule has 4 heteroatoms. The molecule has 1 aromatic rings. The van der Waals surface area contributed by atoms with Gasteiger partial charge in [-0.3, -0.25) is 4.68 Å². The van der Waals surface area contributed by atoms with Gasteiger partial charge in [-0.25, -0.2) is 4.79 Å². The van der Waals surface area contributed by atoms with E-state index in [0.29, 0.717) is 12.2 Å². The van der Waals surface area contributed by atoms with Gasteiger partial charge in [-0.2, -0.15) is 5.10 Å². The zero-order valence-corrected chi connectivity index (χ0v) is 10.00. The molecule has 0 atom stereocenters. The van der Waals surface area contributed by atoms with Gasteiger partial charge in [-0.1, -0.05) is 0 Å². The van der Waals surface area contributed by atoms with Crippen LogP contribution >= 0.6 is 0 Å². The monoisotopic (exact) mass is 210 g/mol. The van der Waals surface area contributed by atoms with Gasteiger partial charge in [0.2, 0.25) is 0 Å². The number of nitrogens with zero attached hydrogens (tertiary/aromatic N) is 2. The lowest BCUT2D eigenvalue weighted by Crippen LogP contribution is -2.25. The van der Waals surface area contributed by atoms with Crippen LogP contribution in [-0.2, 0) is 11.3 Å². The first-order valence-corrected chi connectivity index (χ1v) is 5.11. The Kier molecular flexibility index (Phi) is 3.17. The van der Waals surface area contributed by atoms with E-state index in [2.05, 4.69) is 5.10 Å². The molecule has 0 spiro atoms. The smallest absolute Gasteiger partial charge is 0.357 e. The van der Waals surface area contributed by atoms with E-state index in [1.165, 1.54) is 0 Å². The lowest BCUT2D eigenvalue weighted by Gasteiger charge is -2.19. The molecular formula is C11H18N2O2. The van der Waals surface area contributed by atoms with E-state index >= 15 is 0 Å². The Hall–Kier alpha value is -1.32. The standard InChI is InChI=1S/C11H18N2O2/c1-6-13-9(7-8(2)12-13)10(14)15-11(3,4)5/h7H,6H2,1-5H3. The average molecular weight is 210 g/mol. The van der Waals surface area contributed by atoms with E-state index in [-0.39, 0.29) is 5.97 Å². The number of ether oxygens (including phenoxy) is 1. The van der Waals surface area contributed by atoms with E-state index in [0.717, 1.165) is 5.69 Å². The summed E-state index contributed by atoms with van der Waals surface area (Å²) in [5, 5.41) is 4.20. The van der Waals surface area contributed by atoms with Crippen molar-refractivity contribution in [1.82, 2.24) is 9.78 Å². The highest BCUT2D eigenvalue weighted by molar-refractivity contribution is 5.87. The largest absolute Gasteiger partial charge is 0.455 e. The number of esters is 1. The Morgan fingerprint density at radius 1 is 1.53 bits per heavy atom. The Morgan fingerprint density at radius 2 is 2.13 bits per heavy atom. The van der Waals surface area contributed by atoms with Crippen LogP contribution in [0.4, 0.5) is 0 Å². The molecule has 0 N–H and O–H groups in total. The Morgan fingerprint density at radius 3 is 2.60 bits per heavy atom. The summed E-state index contributed by atoms with van der Waals surface area (Å²) in [4.78, 5) is 11.8. The van der Waals surface area contributed by atoms with Gasteiger partial charge in [0, 0.05) is 6.54 Å². The van der Waals surface area contributed by atoms with Crippen molar-refractivity contribution in [2.75, 3.05) is 0 Å². The molecule has 84 valence electrons.